The van der Waals surface area contributed by atoms with Crippen molar-refractivity contribution in [2.75, 3.05) is 25.2 Å². The van der Waals surface area contributed by atoms with Crippen molar-refractivity contribution in [2.24, 2.45) is 12.8 Å². The normalized spacial score (nSPS) is 23.5. The molecular weight excluding hydrogens is 426 g/mol. The predicted octanol–water partition coefficient (Wildman–Crippen LogP) is 1.24. The van der Waals surface area contributed by atoms with E-state index in [2.05, 4.69) is 0 Å². The van der Waals surface area contributed by atoms with E-state index in [-0.39, 0.29) is 28.9 Å². The third-order valence-corrected chi connectivity index (χ3v) is 6.81. The summed E-state index contributed by atoms with van der Waals surface area (Å²) in [7, 11) is 2.81. The minimum absolute atomic E-state index is 0.0532. The van der Waals surface area contributed by atoms with Crippen molar-refractivity contribution in [3.8, 4) is 5.75 Å². The van der Waals surface area contributed by atoms with Gasteiger partial charge in [-0.3, -0.25) is 9.59 Å². The molecular formula is C24H25N3O6. The van der Waals surface area contributed by atoms with Crippen molar-refractivity contribution in [3.05, 3.63) is 69.0 Å². The second kappa shape index (κ2) is 7.48. The number of nitrogens with zero attached hydrogens (tertiary/aromatic N) is 2. The Balaban J connectivity index is 1.86. The van der Waals surface area contributed by atoms with Gasteiger partial charge in [0.2, 0.25) is 11.8 Å². The van der Waals surface area contributed by atoms with Crippen LogP contribution in [0.5, 0.6) is 5.75 Å². The number of carbonyl (C=O) groups is 2. The van der Waals surface area contributed by atoms with Crippen molar-refractivity contribution in [3.63, 3.8) is 0 Å². The monoisotopic (exact) mass is 451 g/mol. The van der Waals surface area contributed by atoms with Gasteiger partial charge in [-0.1, -0.05) is 18.2 Å². The Morgan fingerprint density at radius 1 is 1.30 bits per heavy atom. The van der Waals surface area contributed by atoms with E-state index < -0.39 is 22.9 Å². The van der Waals surface area contributed by atoms with Gasteiger partial charge in [-0.25, -0.2) is 4.79 Å². The summed E-state index contributed by atoms with van der Waals surface area (Å²) in [6, 6.07) is 8.77. The standard InChI is InChI=1S/C24H25N3O6/c1-13-11-17-18(21(28)26(13)2)24(19(20(25)33-17)22(29)31-3)15-8-4-5-9-16(15)27(23(24)30)12-14-7-6-10-32-14/h4-5,8-9,11,14H,6-7,10,12,25H2,1-3H3. The lowest BCUT2D eigenvalue weighted by Gasteiger charge is -2.35. The number of pyridine rings is 1. The van der Waals surface area contributed by atoms with Crippen LogP contribution >= 0.6 is 0 Å². The van der Waals surface area contributed by atoms with Crippen LogP contribution in [-0.4, -0.2) is 42.8 Å². The van der Waals surface area contributed by atoms with Gasteiger partial charge in [0.15, 0.2) is 0 Å². The number of para-hydroxylation sites is 1. The van der Waals surface area contributed by atoms with E-state index in [1.165, 1.54) is 11.7 Å². The molecule has 3 aliphatic rings. The third kappa shape index (κ3) is 2.78. The lowest BCUT2D eigenvalue weighted by molar-refractivity contribution is -0.138. The molecule has 2 unspecified atom stereocenters. The smallest absolute Gasteiger partial charge is 0.340 e. The van der Waals surface area contributed by atoms with Crippen LogP contribution in [0, 0.1) is 6.92 Å². The zero-order chi connectivity index (χ0) is 23.5. The molecule has 2 atom stereocenters. The number of rotatable bonds is 3. The molecule has 1 aromatic carbocycles. The number of benzene rings is 1. The molecule has 5 rings (SSSR count). The molecule has 0 radical (unpaired) electrons. The Morgan fingerprint density at radius 2 is 2.06 bits per heavy atom. The molecule has 3 aliphatic heterocycles. The number of anilines is 1. The van der Waals surface area contributed by atoms with Crippen LogP contribution in [0.15, 0.2) is 46.6 Å². The number of fused-ring (bicyclic) bond motifs is 4. The molecule has 33 heavy (non-hydrogen) atoms. The maximum atomic E-state index is 14.4. The number of amides is 1. The second-order valence-corrected chi connectivity index (χ2v) is 8.54. The summed E-state index contributed by atoms with van der Waals surface area (Å²) >= 11 is 0. The summed E-state index contributed by atoms with van der Waals surface area (Å²) in [4.78, 5) is 42.7. The lowest BCUT2D eigenvalue weighted by atomic mass is 9.68. The van der Waals surface area contributed by atoms with E-state index in [4.69, 9.17) is 19.9 Å². The van der Waals surface area contributed by atoms with Crippen LogP contribution in [-0.2, 0) is 31.5 Å². The highest BCUT2D eigenvalue weighted by Crippen LogP contribution is 2.54. The number of esters is 1. The first-order chi connectivity index (χ1) is 15.8. The molecule has 2 aromatic rings. The number of ether oxygens (including phenoxy) is 3. The molecule has 0 aliphatic carbocycles. The van der Waals surface area contributed by atoms with Gasteiger partial charge in [-0.2, -0.15) is 0 Å². The molecule has 0 saturated carbocycles. The van der Waals surface area contributed by atoms with Crippen LogP contribution < -0.4 is 20.9 Å². The SMILES string of the molecule is COC(=O)C1=C(N)Oc2cc(C)n(C)c(=O)c2C12C(=O)N(CC1CCCO1)c1ccccc12. The Bertz CT molecular complexity index is 1270. The van der Waals surface area contributed by atoms with E-state index in [9.17, 15) is 14.4 Å². The number of nitrogens with two attached hydrogens (primary N) is 1. The van der Waals surface area contributed by atoms with Crippen LogP contribution in [0.2, 0.25) is 0 Å². The maximum absolute atomic E-state index is 14.4. The number of hydrogen-bond acceptors (Lipinski definition) is 7. The van der Waals surface area contributed by atoms with Crippen molar-refractivity contribution >= 4 is 17.6 Å². The summed E-state index contributed by atoms with van der Waals surface area (Å²) in [5.41, 5.74) is 5.59. The highest BCUT2D eigenvalue weighted by molar-refractivity contribution is 6.18. The summed E-state index contributed by atoms with van der Waals surface area (Å²) < 4.78 is 18.0. The van der Waals surface area contributed by atoms with E-state index in [1.807, 2.05) is 6.07 Å². The Labute approximate surface area is 190 Å². The molecule has 1 fully saturated rings. The fraction of sp³-hybridized carbons (Fsp3) is 0.375. The van der Waals surface area contributed by atoms with E-state index in [0.29, 0.717) is 30.1 Å². The summed E-state index contributed by atoms with van der Waals surface area (Å²) in [5, 5.41) is 0. The molecule has 9 heteroatoms. The van der Waals surface area contributed by atoms with Gasteiger partial charge in [0.1, 0.15) is 16.7 Å². The minimum atomic E-state index is -1.79. The molecule has 1 saturated heterocycles. The average Bonchev–Trinajstić information content (AvgIpc) is 3.39. The number of methoxy groups -OCH3 is 1. The molecule has 1 amide bonds. The molecule has 172 valence electrons. The fourth-order valence-electron chi connectivity index (χ4n) is 5.16. The number of carbonyl (C=O) groups excluding carboxylic acids is 2. The van der Waals surface area contributed by atoms with Crippen LogP contribution in [0.4, 0.5) is 5.69 Å². The summed E-state index contributed by atoms with van der Waals surface area (Å²) in [6.45, 7) is 2.69. The molecule has 0 bridgehead atoms. The Hall–Kier alpha value is -3.59. The zero-order valence-electron chi connectivity index (χ0n) is 18.7. The first-order valence-electron chi connectivity index (χ1n) is 10.8. The van der Waals surface area contributed by atoms with Gasteiger partial charge in [-0.05, 0) is 25.8 Å². The number of aryl methyl sites for hydroxylation is 1. The van der Waals surface area contributed by atoms with Crippen molar-refractivity contribution in [2.45, 2.75) is 31.3 Å². The van der Waals surface area contributed by atoms with Gasteiger partial charge < -0.3 is 29.4 Å². The van der Waals surface area contributed by atoms with Gasteiger partial charge >= 0.3 is 5.97 Å². The Morgan fingerprint density at radius 3 is 2.76 bits per heavy atom. The van der Waals surface area contributed by atoms with E-state index in [0.717, 1.165) is 12.8 Å². The molecule has 1 spiro atoms. The average molecular weight is 451 g/mol. The lowest BCUT2D eigenvalue weighted by Crippen LogP contribution is -2.52. The summed E-state index contributed by atoms with van der Waals surface area (Å²) in [5.74, 6) is -1.39. The fourth-order valence-corrected chi connectivity index (χ4v) is 5.16. The van der Waals surface area contributed by atoms with Crippen LogP contribution in [0.3, 0.4) is 0 Å². The first-order valence-corrected chi connectivity index (χ1v) is 10.8. The van der Waals surface area contributed by atoms with Crippen molar-refractivity contribution < 1.29 is 23.8 Å². The molecule has 4 heterocycles. The van der Waals surface area contributed by atoms with Gasteiger partial charge in [0, 0.05) is 36.7 Å². The first kappa shape index (κ1) is 21.3. The van der Waals surface area contributed by atoms with Crippen LogP contribution in [0.25, 0.3) is 0 Å². The highest BCUT2D eigenvalue weighted by atomic mass is 16.5. The topological polar surface area (TPSA) is 113 Å². The number of hydrogen-bond donors (Lipinski definition) is 1. The van der Waals surface area contributed by atoms with Crippen molar-refractivity contribution in [1.82, 2.24) is 4.57 Å². The molecule has 2 N–H and O–H groups in total. The summed E-state index contributed by atoms with van der Waals surface area (Å²) in [6.07, 6.45) is 1.60. The third-order valence-electron chi connectivity index (χ3n) is 6.81. The highest BCUT2D eigenvalue weighted by Gasteiger charge is 2.62. The van der Waals surface area contributed by atoms with E-state index in [1.54, 1.807) is 43.1 Å². The maximum Gasteiger partial charge on any atom is 0.340 e. The van der Waals surface area contributed by atoms with E-state index >= 15 is 0 Å². The zero-order valence-corrected chi connectivity index (χ0v) is 18.7. The molecule has 1 aromatic heterocycles. The van der Waals surface area contributed by atoms with Gasteiger partial charge in [0.05, 0.1) is 25.3 Å². The predicted molar refractivity (Wildman–Crippen MR) is 119 cm³/mol. The largest absolute Gasteiger partial charge is 0.465 e. The quantitative estimate of drug-likeness (QED) is 0.699. The van der Waals surface area contributed by atoms with Gasteiger partial charge in [-0.15, -0.1) is 0 Å². The Kier molecular flexibility index (Phi) is 4.82. The second-order valence-electron chi connectivity index (χ2n) is 8.54. The van der Waals surface area contributed by atoms with Crippen molar-refractivity contribution in [1.29, 1.82) is 0 Å². The van der Waals surface area contributed by atoms with Crippen LogP contribution in [0.1, 0.15) is 29.7 Å². The molecule has 9 nitrogen and oxygen atoms in total. The number of aromatic nitrogens is 1. The van der Waals surface area contributed by atoms with Gasteiger partial charge in [0.25, 0.3) is 5.56 Å². The minimum Gasteiger partial charge on any atom is -0.465 e.